The van der Waals surface area contributed by atoms with E-state index < -0.39 is 34.5 Å². The highest BCUT2D eigenvalue weighted by molar-refractivity contribution is 9.10. The van der Waals surface area contributed by atoms with Gasteiger partial charge in [0.1, 0.15) is 5.75 Å². The van der Waals surface area contributed by atoms with Crippen LogP contribution in [0.4, 0.5) is 13.2 Å². The number of carbonyl (C=O) groups excluding carboxylic acids is 1. The number of carbonyl (C=O) groups is 1. The van der Waals surface area contributed by atoms with Crippen LogP contribution in [0.3, 0.4) is 0 Å². The summed E-state index contributed by atoms with van der Waals surface area (Å²) in [6.07, 6.45) is 3.30. The molecule has 0 radical (unpaired) electrons. The molecule has 2 aliphatic rings. The molecule has 1 aliphatic heterocycles. The van der Waals surface area contributed by atoms with Gasteiger partial charge in [-0.1, -0.05) is 15.9 Å². The number of amides is 1. The molecule has 4 aromatic rings. The van der Waals surface area contributed by atoms with Crippen LogP contribution in [0, 0.1) is 0 Å². The molecule has 1 atom stereocenters. The van der Waals surface area contributed by atoms with Gasteiger partial charge in [0, 0.05) is 33.1 Å². The number of pyridine rings is 3. The first kappa shape index (κ1) is 28.5. The minimum absolute atomic E-state index is 0.000718. The number of nitrogens with zero attached hydrogens (tertiary/aromatic N) is 3. The van der Waals surface area contributed by atoms with E-state index in [2.05, 4.69) is 40.9 Å². The van der Waals surface area contributed by atoms with Crippen LogP contribution < -0.4 is 10.1 Å². The molecule has 0 unspecified atom stereocenters. The molecule has 1 saturated carbocycles. The Morgan fingerprint density at radius 3 is 2.64 bits per heavy atom. The molecule has 1 amide bonds. The molecule has 1 fully saturated rings. The lowest BCUT2D eigenvalue weighted by molar-refractivity contribution is -0.0507. The van der Waals surface area contributed by atoms with Gasteiger partial charge in [-0.25, -0.2) is 22.8 Å². The van der Waals surface area contributed by atoms with E-state index in [1.807, 2.05) is 6.07 Å². The van der Waals surface area contributed by atoms with Crippen molar-refractivity contribution in [2.45, 2.75) is 48.9 Å². The molecule has 14 heteroatoms. The highest BCUT2D eigenvalue weighted by Crippen LogP contribution is 2.44. The normalized spacial score (nSPS) is 18.0. The van der Waals surface area contributed by atoms with Crippen LogP contribution in [-0.2, 0) is 27.7 Å². The lowest BCUT2D eigenvalue weighted by atomic mass is 10.1. The standard InChI is InChI=1S/C28H22BrF3N4O5S/c29-19-7-16(8-24-18(19)12-40-13-25(30)42(24,38)39)27(37)34-11-17-9-22-15(10-33-17)3-4-20(35-22)21-5-6-23(41-28(31)32)26(36-21)14-1-2-14/h3-10,14,25,28H,1-2,11-13H2,(H,34,37)/t25-/m1/s1. The summed E-state index contributed by atoms with van der Waals surface area (Å²) >= 11 is 3.27. The van der Waals surface area contributed by atoms with Gasteiger partial charge in [0.15, 0.2) is 0 Å². The van der Waals surface area contributed by atoms with E-state index in [4.69, 9.17) is 4.74 Å². The first-order valence-corrected chi connectivity index (χ1v) is 15.2. The van der Waals surface area contributed by atoms with Gasteiger partial charge in [-0.15, -0.1) is 0 Å². The maximum atomic E-state index is 14.2. The number of hydrogen-bond acceptors (Lipinski definition) is 8. The monoisotopic (exact) mass is 662 g/mol. The number of ether oxygens (including phenoxy) is 2. The number of benzene rings is 1. The van der Waals surface area contributed by atoms with Crippen LogP contribution in [0.5, 0.6) is 5.75 Å². The molecule has 218 valence electrons. The number of aromatic nitrogens is 3. The minimum atomic E-state index is -4.33. The molecule has 0 saturated heterocycles. The zero-order chi connectivity index (χ0) is 29.6. The van der Waals surface area contributed by atoms with Crippen molar-refractivity contribution in [3.05, 3.63) is 75.6 Å². The van der Waals surface area contributed by atoms with Crippen molar-refractivity contribution in [3.8, 4) is 17.1 Å². The molecule has 4 heterocycles. The number of rotatable bonds is 7. The number of fused-ring (bicyclic) bond motifs is 2. The fraction of sp³-hybridized carbons (Fsp3) is 0.286. The summed E-state index contributed by atoms with van der Waals surface area (Å²) in [5.74, 6) is -0.442. The van der Waals surface area contributed by atoms with Gasteiger partial charge in [-0.05, 0) is 55.3 Å². The van der Waals surface area contributed by atoms with E-state index >= 15 is 0 Å². The predicted octanol–water partition coefficient (Wildman–Crippen LogP) is 5.46. The van der Waals surface area contributed by atoms with Crippen molar-refractivity contribution in [2.75, 3.05) is 6.61 Å². The third kappa shape index (κ3) is 5.70. The van der Waals surface area contributed by atoms with E-state index in [0.717, 1.165) is 24.3 Å². The van der Waals surface area contributed by atoms with E-state index in [-0.39, 0.29) is 40.8 Å². The minimum Gasteiger partial charge on any atom is -0.433 e. The quantitative estimate of drug-likeness (QED) is 0.277. The predicted molar refractivity (Wildman–Crippen MR) is 148 cm³/mol. The van der Waals surface area contributed by atoms with E-state index in [1.54, 1.807) is 24.4 Å². The molecular formula is C28H22BrF3N4O5S. The third-order valence-electron chi connectivity index (χ3n) is 6.94. The average Bonchev–Trinajstić information content (AvgIpc) is 3.82. The van der Waals surface area contributed by atoms with Crippen molar-refractivity contribution in [1.29, 1.82) is 0 Å². The van der Waals surface area contributed by atoms with E-state index in [0.29, 0.717) is 32.8 Å². The lowest BCUT2D eigenvalue weighted by Crippen LogP contribution is -2.24. The summed E-state index contributed by atoms with van der Waals surface area (Å²) in [4.78, 5) is 26.3. The van der Waals surface area contributed by atoms with Gasteiger partial charge in [0.25, 0.3) is 5.91 Å². The molecule has 0 spiro atoms. The summed E-state index contributed by atoms with van der Waals surface area (Å²) in [6, 6.07) is 10.9. The lowest BCUT2D eigenvalue weighted by Gasteiger charge is -2.12. The van der Waals surface area contributed by atoms with E-state index in [9.17, 15) is 26.4 Å². The number of sulfone groups is 1. The summed E-state index contributed by atoms with van der Waals surface area (Å²) in [7, 11) is -4.33. The van der Waals surface area contributed by atoms with Crippen LogP contribution in [0.1, 0.15) is 46.1 Å². The Kier molecular flexibility index (Phi) is 7.62. The Balaban J connectivity index is 1.23. The number of alkyl halides is 3. The van der Waals surface area contributed by atoms with Crippen LogP contribution in [0.15, 0.2) is 58.0 Å². The first-order chi connectivity index (χ1) is 20.1. The highest BCUT2D eigenvalue weighted by Gasteiger charge is 2.34. The second kappa shape index (κ2) is 11.2. The Morgan fingerprint density at radius 1 is 1.12 bits per heavy atom. The molecule has 9 nitrogen and oxygen atoms in total. The maximum absolute atomic E-state index is 14.2. The van der Waals surface area contributed by atoms with Gasteiger partial charge in [-0.3, -0.25) is 9.78 Å². The molecule has 3 aromatic heterocycles. The Morgan fingerprint density at radius 2 is 1.88 bits per heavy atom. The summed E-state index contributed by atoms with van der Waals surface area (Å²) < 4.78 is 75.3. The van der Waals surface area contributed by atoms with Crippen molar-refractivity contribution in [2.24, 2.45) is 0 Å². The Labute approximate surface area is 246 Å². The third-order valence-corrected chi connectivity index (χ3v) is 9.44. The highest BCUT2D eigenvalue weighted by atomic mass is 79.9. The van der Waals surface area contributed by atoms with E-state index in [1.165, 1.54) is 12.1 Å². The van der Waals surface area contributed by atoms with Gasteiger partial charge < -0.3 is 14.8 Å². The maximum Gasteiger partial charge on any atom is 0.387 e. The summed E-state index contributed by atoms with van der Waals surface area (Å²) in [5, 5.41) is 3.44. The summed E-state index contributed by atoms with van der Waals surface area (Å²) in [6.45, 7) is -3.65. The molecule has 1 N–H and O–H groups in total. The Hall–Kier alpha value is -3.62. The van der Waals surface area contributed by atoms with Crippen molar-refractivity contribution in [3.63, 3.8) is 0 Å². The van der Waals surface area contributed by atoms with Gasteiger partial charge in [0.2, 0.25) is 15.3 Å². The number of nitrogens with one attached hydrogen (secondary N) is 1. The molecule has 1 aliphatic carbocycles. The van der Waals surface area contributed by atoms with Crippen molar-refractivity contribution < 1.29 is 35.9 Å². The van der Waals surface area contributed by atoms with Crippen LogP contribution >= 0.6 is 15.9 Å². The molecular weight excluding hydrogens is 641 g/mol. The number of hydrogen-bond donors (Lipinski definition) is 1. The van der Waals surface area contributed by atoms with Crippen molar-refractivity contribution in [1.82, 2.24) is 20.3 Å². The zero-order valence-electron chi connectivity index (χ0n) is 21.7. The van der Waals surface area contributed by atoms with Crippen LogP contribution in [0.2, 0.25) is 0 Å². The average molecular weight is 663 g/mol. The second-order valence-electron chi connectivity index (χ2n) is 9.89. The smallest absolute Gasteiger partial charge is 0.387 e. The largest absolute Gasteiger partial charge is 0.433 e. The topological polar surface area (TPSA) is 120 Å². The van der Waals surface area contributed by atoms with Gasteiger partial charge in [-0.2, -0.15) is 8.78 Å². The fourth-order valence-electron chi connectivity index (χ4n) is 4.64. The second-order valence-corrected chi connectivity index (χ2v) is 12.8. The first-order valence-electron chi connectivity index (χ1n) is 12.9. The summed E-state index contributed by atoms with van der Waals surface area (Å²) in [5.41, 5.74) is 0.615. The zero-order valence-corrected chi connectivity index (χ0v) is 24.1. The fourth-order valence-corrected chi connectivity index (χ4v) is 6.70. The molecule has 42 heavy (non-hydrogen) atoms. The van der Waals surface area contributed by atoms with Gasteiger partial charge in [0.05, 0.1) is 52.9 Å². The SMILES string of the molecule is O=C(NCc1cc2nc(-c3ccc(OC(F)F)c(C4CC4)n3)ccc2cn1)c1cc(Br)c2c(c1)S(=O)(=O)[C@@H](F)COC2. The molecule has 0 bridgehead atoms. The number of halogens is 4. The molecule has 1 aromatic carbocycles. The van der Waals surface area contributed by atoms with Crippen LogP contribution in [-0.4, -0.2) is 48.0 Å². The van der Waals surface area contributed by atoms with Gasteiger partial charge >= 0.3 is 6.61 Å². The van der Waals surface area contributed by atoms with Crippen molar-refractivity contribution >= 4 is 42.6 Å². The molecule has 6 rings (SSSR count). The Bertz CT molecular complexity index is 1820. The van der Waals surface area contributed by atoms with Crippen LogP contribution in [0.25, 0.3) is 22.3 Å².